The van der Waals surface area contributed by atoms with E-state index < -0.39 is 0 Å². The lowest BCUT2D eigenvalue weighted by atomic mass is 10.00. The average molecular weight is 318 g/mol. The van der Waals surface area contributed by atoms with Crippen LogP contribution in [0.25, 0.3) is 0 Å². The Morgan fingerprint density at radius 2 is 0.870 bits per heavy atom. The quantitative estimate of drug-likeness (QED) is 0.795. The van der Waals surface area contributed by atoms with E-state index in [1.165, 1.54) is 0 Å². The first-order valence-electron chi connectivity index (χ1n) is 7.04. The maximum absolute atomic E-state index is 5.88. The van der Waals surface area contributed by atoms with Crippen LogP contribution in [0.1, 0.15) is 11.1 Å². The van der Waals surface area contributed by atoms with Crippen molar-refractivity contribution < 1.29 is 18.9 Å². The Labute approximate surface area is 135 Å². The van der Waals surface area contributed by atoms with Crippen LogP contribution < -0.4 is 30.4 Å². The van der Waals surface area contributed by atoms with Crippen LogP contribution in [0.3, 0.4) is 0 Å². The van der Waals surface area contributed by atoms with Crippen molar-refractivity contribution in [3.05, 3.63) is 35.4 Å². The van der Waals surface area contributed by atoms with Gasteiger partial charge in [0, 0.05) is 53.2 Å². The van der Waals surface area contributed by atoms with Gasteiger partial charge in [0.05, 0.1) is 28.4 Å². The van der Waals surface area contributed by atoms with Crippen LogP contribution in [0, 0.1) is 0 Å². The minimum absolute atomic E-state index is 0.485. The van der Waals surface area contributed by atoms with Gasteiger partial charge in [-0.25, -0.2) is 0 Å². The smallest absolute Gasteiger partial charge is 0.128 e. The molecule has 0 saturated heterocycles. The monoisotopic (exact) mass is 318 g/mol. The number of ether oxygens (including phenoxy) is 4. The molecule has 0 radical (unpaired) electrons. The van der Waals surface area contributed by atoms with E-state index in [2.05, 4.69) is 0 Å². The van der Waals surface area contributed by atoms with E-state index in [4.69, 9.17) is 30.4 Å². The van der Waals surface area contributed by atoms with Gasteiger partial charge < -0.3 is 30.4 Å². The molecule has 0 amide bonds. The molecule has 6 heteroatoms. The zero-order valence-electron chi connectivity index (χ0n) is 13.8. The summed E-state index contributed by atoms with van der Waals surface area (Å²) in [7, 11) is 6.37. The van der Waals surface area contributed by atoms with E-state index in [1.54, 1.807) is 52.7 Å². The fourth-order valence-electron chi connectivity index (χ4n) is 2.53. The SMILES string of the molecule is COc1cc(N)cc(OC)c1Cc1c(OC)cc(N)cc1OC. The molecule has 2 aromatic carbocycles. The highest BCUT2D eigenvalue weighted by molar-refractivity contribution is 5.62. The highest BCUT2D eigenvalue weighted by Gasteiger charge is 2.18. The summed E-state index contributed by atoms with van der Waals surface area (Å²) in [5, 5.41) is 0. The summed E-state index contributed by atoms with van der Waals surface area (Å²) in [4.78, 5) is 0. The van der Waals surface area contributed by atoms with Gasteiger partial charge >= 0.3 is 0 Å². The molecule has 0 aromatic heterocycles. The van der Waals surface area contributed by atoms with E-state index >= 15 is 0 Å². The van der Waals surface area contributed by atoms with Crippen LogP contribution in [0.5, 0.6) is 23.0 Å². The Bertz CT molecular complexity index is 591. The van der Waals surface area contributed by atoms with Crippen molar-refractivity contribution >= 4 is 11.4 Å². The van der Waals surface area contributed by atoms with Crippen molar-refractivity contribution in [3.8, 4) is 23.0 Å². The van der Waals surface area contributed by atoms with Gasteiger partial charge in [0.2, 0.25) is 0 Å². The molecule has 124 valence electrons. The summed E-state index contributed by atoms with van der Waals surface area (Å²) >= 11 is 0. The van der Waals surface area contributed by atoms with E-state index in [0.717, 1.165) is 11.1 Å². The number of methoxy groups -OCH3 is 4. The maximum atomic E-state index is 5.88. The van der Waals surface area contributed by atoms with E-state index in [1.807, 2.05) is 0 Å². The summed E-state index contributed by atoms with van der Waals surface area (Å²) in [6.45, 7) is 0. The zero-order chi connectivity index (χ0) is 17.0. The van der Waals surface area contributed by atoms with Crippen LogP contribution >= 0.6 is 0 Å². The number of anilines is 2. The molecular formula is C17H22N2O4. The van der Waals surface area contributed by atoms with Crippen LogP contribution in [0.2, 0.25) is 0 Å². The number of hydrogen-bond acceptors (Lipinski definition) is 6. The zero-order valence-corrected chi connectivity index (χ0v) is 13.8. The van der Waals surface area contributed by atoms with Crippen molar-refractivity contribution in [2.45, 2.75) is 6.42 Å². The molecule has 2 aromatic rings. The molecule has 0 bridgehead atoms. The lowest BCUT2D eigenvalue weighted by Gasteiger charge is -2.18. The standard InChI is InChI=1S/C17H22N2O4/c1-20-14-5-10(18)6-15(21-2)12(14)9-13-16(22-3)7-11(19)8-17(13)23-4/h5-8H,9,18-19H2,1-4H3. The molecule has 0 heterocycles. The maximum Gasteiger partial charge on any atom is 0.128 e. The second-order valence-corrected chi connectivity index (χ2v) is 4.98. The minimum atomic E-state index is 0.485. The summed E-state index contributed by atoms with van der Waals surface area (Å²) in [5.74, 6) is 2.57. The molecular weight excluding hydrogens is 296 g/mol. The van der Waals surface area contributed by atoms with Gasteiger partial charge in [-0.15, -0.1) is 0 Å². The molecule has 0 aliphatic rings. The summed E-state index contributed by atoms with van der Waals surface area (Å²) < 4.78 is 21.8. The van der Waals surface area contributed by atoms with Gasteiger partial charge in [0.15, 0.2) is 0 Å². The first-order chi connectivity index (χ1) is 11.0. The molecule has 0 fully saturated rings. The lowest BCUT2D eigenvalue weighted by molar-refractivity contribution is 0.378. The van der Waals surface area contributed by atoms with Gasteiger partial charge in [-0.1, -0.05) is 0 Å². The molecule has 0 saturated carbocycles. The second kappa shape index (κ2) is 7.00. The Hall–Kier alpha value is -2.76. The minimum Gasteiger partial charge on any atom is -0.496 e. The summed E-state index contributed by atoms with van der Waals surface area (Å²) in [6, 6.07) is 7.03. The van der Waals surface area contributed by atoms with Crippen molar-refractivity contribution in [1.29, 1.82) is 0 Å². The molecule has 23 heavy (non-hydrogen) atoms. The summed E-state index contributed by atoms with van der Waals surface area (Å²) in [6.07, 6.45) is 0.485. The third kappa shape index (κ3) is 3.36. The van der Waals surface area contributed by atoms with Crippen molar-refractivity contribution in [2.24, 2.45) is 0 Å². The van der Waals surface area contributed by atoms with Crippen molar-refractivity contribution in [2.75, 3.05) is 39.9 Å². The van der Waals surface area contributed by atoms with Crippen molar-refractivity contribution in [3.63, 3.8) is 0 Å². The third-order valence-electron chi connectivity index (χ3n) is 3.61. The van der Waals surface area contributed by atoms with Crippen molar-refractivity contribution in [1.82, 2.24) is 0 Å². The number of hydrogen-bond donors (Lipinski definition) is 2. The van der Waals surface area contributed by atoms with E-state index in [9.17, 15) is 0 Å². The highest BCUT2D eigenvalue weighted by atomic mass is 16.5. The van der Waals surface area contributed by atoms with Crippen LogP contribution in [-0.4, -0.2) is 28.4 Å². The number of benzene rings is 2. The van der Waals surface area contributed by atoms with Gasteiger partial charge in [0.25, 0.3) is 0 Å². The second-order valence-electron chi connectivity index (χ2n) is 4.98. The molecule has 0 aliphatic heterocycles. The molecule has 0 aliphatic carbocycles. The Kier molecular flexibility index (Phi) is 5.05. The van der Waals surface area contributed by atoms with Crippen LogP contribution in [0.4, 0.5) is 11.4 Å². The third-order valence-corrected chi connectivity index (χ3v) is 3.61. The summed E-state index contributed by atoms with van der Waals surface area (Å²) in [5.41, 5.74) is 14.6. The fourth-order valence-corrected chi connectivity index (χ4v) is 2.53. The van der Waals surface area contributed by atoms with Gasteiger partial charge in [0.1, 0.15) is 23.0 Å². The molecule has 0 unspecified atom stereocenters. The largest absolute Gasteiger partial charge is 0.496 e. The predicted molar refractivity (Wildman–Crippen MR) is 90.7 cm³/mol. The first kappa shape index (κ1) is 16.6. The molecule has 0 spiro atoms. The van der Waals surface area contributed by atoms with Crippen LogP contribution in [-0.2, 0) is 6.42 Å². The number of nitrogen functional groups attached to an aromatic ring is 2. The molecule has 4 N–H and O–H groups in total. The molecule has 2 rings (SSSR count). The Morgan fingerprint density at radius 3 is 1.09 bits per heavy atom. The molecule has 6 nitrogen and oxygen atoms in total. The number of nitrogens with two attached hydrogens (primary N) is 2. The lowest BCUT2D eigenvalue weighted by Crippen LogP contribution is -2.04. The normalized spacial score (nSPS) is 10.3. The topological polar surface area (TPSA) is 89.0 Å². The highest BCUT2D eigenvalue weighted by Crippen LogP contribution is 2.39. The first-order valence-corrected chi connectivity index (χ1v) is 7.04. The van der Waals surface area contributed by atoms with Gasteiger partial charge in [-0.2, -0.15) is 0 Å². The van der Waals surface area contributed by atoms with E-state index in [0.29, 0.717) is 40.8 Å². The Balaban J connectivity index is 2.59. The fraction of sp³-hybridized carbons (Fsp3) is 0.294. The van der Waals surface area contributed by atoms with E-state index in [-0.39, 0.29) is 0 Å². The molecule has 0 atom stereocenters. The van der Waals surface area contributed by atoms with Gasteiger partial charge in [-0.3, -0.25) is 0 Å². The Morgan fingerprint density at radius 1 is 0.609 bits per heavy atom. The number of rotatable bonds is 6. The van der Waals surface area contributed by atoms with Gasteiger partial charge in [-0.05, 0) is 0 Å². The predicted octanol–water partition coefficient (Wildman–Crippen LogP) is 2.48. The average Bonchev–Trinajstić information content (AvgIpc) is 2.56. The van der Waals surface area contributed by atoms with Crippen LogP contribution in [0.15, 0.2) is 24.3 Å².